The Morgan fingerprint density at radius 2 is 1.68 bits per heavy atom. The SMILES string of the molecule is CCOc1cc(CNCCN(CC)CC)c(Br)cc1OCc1ccccc1C. The lowest BCUT2D eigenvalue weighted by Gasteiger charge is -2.19. The van der Waals surface area contributed by atoms with Crippen molar-refractivity contribution in [3.8, 4) is 11.5 Å². The lowest BCUT2D eigenvalue weighted by atomic mass is 10.1. The highest BCUT2D eigenvalue weighted by molar-refractivity contribution is 9.10. The summed E-state index contributed by atoms with van der Waals surface area (Å²) in [5.74, 6) is 1.56. The summed E-state index contributed by atoms with van der Waals surface area (Å²) < 4.78 is 13.0. The van der Waals surface area contributed by atoms with Crippen LogP contribution in [0.5, 0.6) is 11.5 Å². The fourth-order valence-electron chi connectivity index (χ4n) is 3.02. The second kappa shape index (κ2) is 12.1. The van der Waals surface area contributed by atoms with E-state index >= 15 is 0 Å². The van der Waals surface area contributed by atoms with Gasteiger partial charge in [0.1, 0.15) is 6.61 Å². The molecule has 2 aromatic rings. The summed E-state index contributed by atoms with van der Waals surface area (Å²) in [6.45, 7) is 14.6. The molecule has 0 spiro atoms. The number of aryl methyl sites for hydroxylation is 1. The maximum absolute atomic E-state index is 6.10. The molecule has 0 aliphatic rings. The van der Waals surface area contributed by atoms with E-state index in [9.17, 15) is 0 Å². The van der Waals surface area contributed by atoms with Gasteiger partial charge in [-0.25, -0.2) is 0 Å². The van der Waals surface area contributed by atoms with Crippen LogP contribution < -0.4 is 14.8 Å². The van der Waals surface area contributed by atoms with Crippen molar-refractivity contribution in [2.45, 2.75) is 40.8 Å². The van der Waals surface area contributed by atoms with Crippen LogP contribution in [0.15, 0.2) is 40.9 Å². The third kappa shape index (κ3) is 6.80. The number of halogens is 1. The van der Waals surface area contributed by atoms with Crippen molar-refractivity contribution < 1.29 is 9.47 Å². The van der Waals surface area contributed by atoms with Crippen molar-refractivity contribution in [1.82, 2.24) is 10.2 Å². The highest BCUT2D eigenvalue weighted by atomic mass is 79.9. The maximum Gasteiger partial charge on any atom is 0.162 e. The van der Waals surface area contributed by atoms with E-state index in [4.69, 9.17) is 9.47 Å². The topological polar surface area (TPSA) is 33.7 Å². The van der Waals surface area contributed by atoms with Crippen LogP contribution in [0.2, 0.25) is 0 Å². The Kier molecular flexibility index (Phi) is 9.82. The molecule has 4 nitrogen and oxygen atoms in total. The fourth-order valence-corrected chi connectivity index (χ4v) is 3.48. The van der Waals surface area contributed by atoms with E-state index in [1.165, 1.54) is 16.7 Å². The number of hydrogen-bond acceptors (Lipinski definition) is 4. The first-order valence-corrected chi connectivity index (χ1v) is 10.9. The molecule has 0 atom stereocenters. The normalized spacial score (nSPS) is 11.1. The van der Waals surface area contributed by atoms with Crippen molar-refractivity contribution in [3.63, 3.8) is 0 Å². The van der Waals surface area contributed by atoms with Crippen LogP contribution in [0.1, 0.15) is 37.5 Å². The number of likely N-dealkylation sites (N-methyl/N-ethyl adjacent to an activating group) is 1. The van der Waals surface area contributed by atoms with Gasteiger partial charge >= 0.3 is 0 Å². The molecular weight excluding hydrogens is 416 g/mol. The molecular formula is C23H33BrN2O2. The number of nitrogens with zero attached hydrogens (tertiary/aromatic N) is 1. The third-order valence-corrected chi connectivity index (χ3v) is 5.61. The van der Waals surface area contributed by atoms with E-state index in [2.05, 4.69) is 65.1 Å². The monoisotopic (exact) mass is 448 g/mol. The third-order valence-electron chi connectivity index (χ3n) is 4.87. The van der Waals surface area contributed by atoms with Crippen LogP contribution in [0.3, 0.4) is 0 Å². The number of nitrogens with one attached hydrogen (secondary N) is 1. The zero-order valence-electron chi connectivity index (χ0n) is 17.6. The average Bonchev–Trinajstić information content (AvgIpc) is 2.70. The van der Waals surface area contributed by atoms with Crippen molar-refractivity contribution in [1.29, 1.82) is 0 Å². The summed E-state index contributed by atoms with van der Waals surface area (Å²) in [6, 6.07) is 12.4. The van der Waals surface area contributed by atoms with Gasteiger partial charge in [-0.15, -0.1) is 0 Å². The minimum atomic E-state index is 0.528. The molecule has 0 saturated heterocycles. The molecule has 0 aliphatic carbocycles. The van der Waals surface area contributed by atoms with Crippen LogP contribution in [0.4, 0.5) is 0 Å². The lowest BCUT2D eigenvalue weighted by Crippen LogP contribution is -2.31. The first-order valence-electron chi connectivity index (χ1n) is 10.1. The Labute approximate surface area is 178 Å². The van der Waals surface area contributed by atoms with Gasteiger partial charge in [-0.3, -0.25) is 0 Å². The van der Waals surface area contributed by atoms with Crippen LogP contribution in [0.25, 0.3) is 0 Å². The Morgan fingerprint density at radius 1 is 0.964 bits per heavy atom. The zero-order chi connectivity index (χ0) is 20.4. The summed E-state index contributed by atoms with van der Waals surface area (Å²) in [6.07, 6.45) is 0. The largest absolute Gasteiger partial charge is 0.490 e. The fraction of sp³-hybridized carbons (Fsp3) is 0.478. The van der Waals surface area contributed by atoms with E-state index in [0.717, 1.165) is 48.7 Å². The molecule has 0 saturated carbocycles. The molecule has 5 heteroatoms. The Balaban J connectivity index is 2.02. The Bertz CT molecular complexity index is 733. The standard InChI is InChI=1S/C23H33BrN2O2/c1-5-26(6-2)13-12-25-16-20-14-22(27-7-3)23(15-21(20)24)28-17-19-11-9-8-10-18(19)4/h8-11,14-15,25H,5-7,12-13,16-17H2,1-4H3. The van der Waals surface area contributed by atoms with Gasteiger partial charge in [-0.1, -0.05) is 54.0 Å². The van der Waals surface area contributed by atoms with Crippen molar-refractivity contribution in [2.75, 3.05) is 32.8 Å². The summed E-state index contributed by atoms with van der Waals surface area (Å²) in [4.78, 5) is 2.41. The molecule has 0 bridgehead atoms. The summed E-state index contributed by atoms with van der Waals surface area (Å²) in [7, 11) is 0. The van der Waals surface area contributed by atoms with Gasteiger partial charge in [0, 0.05) is 24.1 Å². The highest BCUT2D eigenvalue weighted by Crippen LogP contribution is 2.34. The smallest absolute Gasteiger partial charge is 0.162 e. The van der Waals surface area contributed by atoms with Gasteiger partial charge in [0.2, 0.25) is 0 Å². The van der Waals surface area contributed by atoms with Crippen molar-refractivity contribution >= 4 is 15.9 Å². The number of benzene rings is 2. The molecule has 0 radical (unpaired) electrons. The summed E-state index contributed by atoms with van der Waals surface area (Å²) >= 11 is 3.70. The van der Waals surface area contributed by atoms with E-state index in [-0.39, 0.29) is 0 Å². The van der Waals surface area contributed by atoms with E-state index < -0.39 is 0 Å². The van der Waals surface area contributed by atoms with E-state index in [0.29, 0.717) is 13.2 Å². The molecule has 0 fully saturated rings. The lowest BCUT2D eigenvalue weighted by molar-refractivity contribution is 0.268. The van der Waals surface area contributed by atoms with E-state index in [1.54, 1.807) is 0 Å². The minimum absolute atomic E-state index is 0.528. The molecule has 154 valence electrons. The van der Waals surface area contributed by atoms with Gasteiger partial charge in [0.15, 0.2) is 11.5 Å². The molecule has 1 N–H and O–H groups in total. The predicted molar refractivity (Wildman–Crippen MR) is 120 cm³/mol. The van der Waals surface area contributed by atoms with Crippen LogP contribution in [-0.4, -0.2) is 37.7 Å². The first kappa shape index (κ1) is 22.7. The molecule has 0 heterocycles. The van der Waals surface area contributed by atoms with Gasteiger partial charge < -0.3 is 19.7 Å². The van der Waals surface area contributed by atoms with Crippen LogP contribution in [-0.2, 0) is 13.2 Å². The van der Waals surface area contributed by atoms with Crippen LogP contribution in [0, 0.1) is 6.92 Å². The first-order chi connectivity index (χ1) is 13.6. The molecule has 2 rings (SSSR count). The molecule has 28 heavy (non-hydrogen) atoms. The van der Waals surface area contributed by atoms with Crippen LogP contribution >= 0.6 is 15.9 Å². The molecule has 0 amide bonds. The van der Waals surface area contributed by atoms with Gasteiger partial charge in [0.05, 0.1) is 6.61 Å². The van der Waals surface area contributed by atoms with Gasteiger partial charge in [0.25, 0.3) is 0 Å². The Morgan fingerprint density at radius 3 is 2.36 bits per heavy atom. The zero-order valence-corrected chi connectivity index (χ0v) is 19.1. The molecule has 2 aromatic carbocycles. The number of ether oxygens (including phenoxy) is 2. The maximum atomic E-state index is 6.10. The molecule has 0 aromatic heterocycles. The van der Waals surface area contributed by atoms with E-state index in [1.807, 2.05) is 25.1 Å². The second-order valence-corrected chi connectivity index (χ2v) is 7.60. The number of hydrogen-bond donors (Lipinski definition) is 1. The minimum Gasteiger partial charge on any atom is -0.490 e. The number of rotatable bonds is 12. The Hall–Kier alpha value is -1.56. The van der Waals surface area contributed by atoms with Gasteiger partial charge in [-0.2, -0.15) is 0 Å². The quantitative estimate of drug-likeness (QED) is 0.454. The molecule has 0 aliphatic heterocycles. The average molecular weight is 449 g/mol. The van der Waals surface area contributed by atoms with Crippen molar-refractivity contribution in [3.05, 3.63) is 57.6 Å². The summed E-state index contributed by atoms with van der Waals surface area (Å²) in [5, 5.41) is 3.53. The summed E-state index contributed by atoms with van der Waals surface area (Å²) in [5.41, 5.74) is 3.59. The highest BCUT2D eigenvalue weighted by Gasteiger charge is 2.12. The molecule has 0 unspecified atom stereocenters. The second-order valence-electron chi connectivity index (χ2n) is 6.74. The van der Waals surface area contributed by atoms with Crippen molar-refractivity contribution in [2.24, 2.45) is 0 Å². The predicted octanol–water partition coefficient (Wildman–Crippen LogP) is 5.17. The van der Waals surface area contributed by atoms with Gasteiger partial charge in [-0.05, 0) is 55.8 Å².